The predicted molar refractivity (Wildman–Crippen MR) is 175 cm³/mol. The summed E-state index contributed by atoms with van der Waals surface area (Å²) in [4.78, 5) is 8.77. The molecule has 9 nitrogen and oxygen atoms in total. The maximum Gasteiger partial charge on any atom is 0.395 e. The van der Waals surface area contributed by atoms with Crippen LogP contribution in [0.1, 0.15) is 56.7 Å². The normalized spacial score (nSPS) is 18.0. The lowest BCUT2D eigenvalue weighted by molar-refractivity contribution is -0.206. The van der Waals surface area contributed by atoms with Crippen molar-refractivity contribution in [3.05, 3.63) is 76.8 Å². The molecule has 2 fully saturated rings. The van der Waals surface area contributed by atoms with Gasteiger partial charge in [0.15, 0.2) is 0 Å². The molecule has 4 N–H and O–H groups in total. The van der Waals surface area contributed by atoms with Crippen LogP contribution < -0.4 is 26.3 Å². The summed E-state index contributed by atoms with van der Waals surface area (Å²) in [6.45, 7) is 1.78. The average Bonchev–Trinajstić information content (AvgIpc) is 3.99. The van der Waals surface area contributed by atoms with E-state index in [9.17, 15) is 18.4 Å². The second-order valence-electron chi connectivity index (χ2n) is 13.2. The fraction of sp³-hybridized carbons (Fsp3) is 0.382. The number of nitriles is 1. The molecule has 244 valence electrons. The van der Waals surface area contributed by atoms with Gasteiger partial charge in [0.05, 0.1) is 51.6 Å². The second-order valence-corrected chi connectivity index (χ2v) is 13.6. The Hall–Kier alpha value is -4.47. The molecule has 0 unspecified atom stereocenters. The highest BCUT2D eigenvalue weighted by Gasteiger charge is 2.58. The van der Waals surface area contributed by atoms with Crippen molar-refractivity contribution in [2.45, 2.75) is 57.3 Å². The van der Waals surface area contributed by atoms with Gasteiger partial charge in [0, 0.05) is 41.6 Å². The predicted octanol–water partition coefficient (Wildman–Crippen LogP) is 7.58. The fourth-order valence-corrected chi connectivity index (χ4v) is 6.71. The number of hydrogen-bond acceptors (Lipinski definition) is 9. The highest BCUT2D eigenvalue weighted by atomic mass is 35.5. The molecular weight excluding hydrogens is 629 g/mol. The topological polar surface area (TPSA) is 110 Å². The first kappa shape index (κ1) is 31.1. The Balaban J connectivity index is 1.32. The van der Waals surface area contributed by atoms with Gasteiger partial charge >= 0.3 is 6.18 Å². The minimum absolute atomic E-state index is 0.113. The number of pyridine rings is 2. The summed E-state index contributed by atoms with van der Waals surface area (Å²) in [6.07, 6.45) is 5.40. The van der Waals surface area contributed by atoms with Gasteiger partial charge in [-0.3, -0.25) is 9.99 Å². The SMILES string of the molecule is COc1nccc2c([C@H](Nc3cc(Cl)c4ncc(C#N)c(NCC(C)(C)C(F)(F)F)c4c3)C3=CN(C4(C5CC5)CC4)NN3)cccc12. The van der Waals surface area contributed by atoms with E-state index in [2.05, 4.69) is 48.8 Å². The maximum atomic E-state index is 13.7. The van der Waals surface area contributed by atoms with Crippen LogP contribution in [0.3, 0.4) is 0 Å². The number of anilines is 2. The van der Waals surface area contributed by atoms with Gasteiger partial charge in [0.1, 0.15) is 6.07 Å². The third-order valence-corrected chi connectivity index (χ3v) is 9.91. The fourth-order valence-electron chi connectivity index (χ4n) is 6.45. The number of hydrogen-bond donors (Lipinski definition) is 4. The van der Waals surface area contributed by atoms with E-state index in [1.54, 1.807) is 25.4 Å². The number of hydrazine groups is 2. The van der Waals surface area contributed by atoms with Gasteiger partial charge < -0.3 is 20.8 Å². The molecule has 1 aliphatic heterocycles. The molecule has 2 aromatic carbocycles. The number of rotatable bonds is 10. The first-order chi connectivity index (χ1) is 22.5. The van der Waals surface area contributed by atoms with Crippen molar-refractivity contribution in [2.24, 2.45) is 11.3 Å². The Kier molecular flexibility index (Phi) is 7.52. The van der Waals surface area contributed by atoms with Gasteiger partial charge in [-0.2, -0.15) is 18.4 Å². The highest BCUT2D eigenvalue weighted by molar-refractivity contribution is 6.35. The van der Waals surface area contributed by atoms with E-state index in [1.807, 2.05) is 24.3 Å². The lowest BCUT2D eigenvalue weighted by Crippen LogP contribution is -2.46. The molecule has 1 atom stereocenters. The molecule has 13 heteroatoms. The van der Waals surface area contributed by atoms with E-state index >= 15 is 0 Å². The van der Waals surface area contributed by atoms with E-state index < -0.39 is 24.2 Å². The summed E-state index contributed by atoms with van der Waals surface area (Å²) < 4.78 is 46.8. The smallest absolute Gasteiger partial charge is 0.395 e. The van der Waals surface area contributed by atoms with Crippen molar-refractivity contribution >= 4 is 44.7 Å². The largest absolute Gasteiger partial charge is 0.481 e. The zero-order valence-corrected chi connectivity index (χ0v) is 26.9. The summed E-state index contributed by atoms with van der Waals surface area (Å²) in [7, 11) is 1.59. The summed E-state index contributed by atoms with van der Waals surface area (Å²) in [5, 5.41) is 21.1. The van der Waals surface area contributed by atoms with Crippen molar-refractivity contribution in [1.82, 2.24) is 25.9 Å². The van der Waals surface area contributed by atoms with E-state index in [-0.39, 0.29) is 21.8 Å². The minimum Gasteiger partial charge on any atom is -0.481 e. The lowest BCUT2D eigenvalue weighted by atomic mass is 9.92. The number of nitrogens with zero attached hydrogens (tertiary/aromatic N) is 4. The Morgan fingerprint density at radius 1 is 1.15 bits per heavy atom. The van der Waals surface area contributed by atoms with E-state index in [0.29, 0.717) is 28.4 Å². The van der Waals surface area contributed by atoms with Crippen LogP contribution in [0.5, 0.6) is 5.88 Å². The van der Waals surface area contributed by atoms with Crippen molar-refractivity contribution in [3.8, 4) is 11.9 Å². The van der Waals surface area contributed by atoms with Gasteiger partial charge in [0.2, 0.25) is 5.88 Å². The van der Waals surface area contributed by atoms with Crippen LogP contribution in [-0.4, -0.2) is 40.3 Å². The molecule has 2 aliphatic carbocycles. The van der Waals surface area contributed by atoms with E-state index in [1.165, 1.54) is 19.0 Å². The molecule has 7 rings (SSSR count). The molecule has 0 amide bonds. The molecule has 3 aliphatic rings. The molecule has 2 saturated carbocycles. The number of aromatic nitrogens is 2. The summed E-state index contributed by atoms with van der Waals surface area (Å²) in [5.41, 5.74) is 7.96. The molecule has 2 aromatic heterocycles. The number of halogens is 4. The van der Waals surface area contributed by atoms with Crippen LogP contribution in [0.4, 0.5) is 24.5 Å². The van der Waals surface area contributed by atoms with Crippen LogP contribution >= 0.6 is 11.6 Å². The lowest BCUT2D eigenvalue weighted by Gasteiger charge is -2.29. The molecule has 47 heavy (non-hydrogen) atoms. The number of nitrogens with one attached hydrogen (secondary N) is 4. The molecule has 0 saturated heterocycles. The molecule has 0 radical (unpaired) electrons. The van der Waals surface area contributed by atoms with E-state index in [4.69, 9.17) is 16.3 Å². The Morgan fingerprint density at radius 3 is 2.62 bits per heavy atom. The Bertz CT molecular complexity index is 1950. The summed E-state index contributed by atoms with van der Waals surface area (Å²) in [6, 6.07) is 13.0. The molecule has 4 aromatic rings. The second kappa shape index (κ2) is 11.3. The third-order valence-electron chi connectivity index (χ3n) is 9.62. The van der Waals surface area contributed by atoms with Crippen LogP contribution in [0.15, 0.2) is 60.7 Å². The van der Waals surface area contributed by atoms with Crippen molar-refractivity contribution in [1.29, 1.82) is 5.26 Å². The number of ether oxygens (including phenoxy) is 1. The zero-order valence-electron chi connectivity index (χ0n) is 26.1. The molecule has 0 bridgehead atoms. The zero-order chi connectivity index (χ0) is 33.1. The molecule has 0 spiro atoms. The van der Waals surface area contributed by atoms with Crippen LogP contribution in [0, 0.1) is 22.7 Å². The number of benzene rings is 2. The quantitative estimate of drug-likeness (QED) is 0.137. The number of alkyl halides is 3. The first-order valence-electron chi connectivity index (χ1n) is 15.5. The van der Waals surface area contributed by atoms with Crippen LogP contribution in [0.25, 0.3) is 21.7 Å². The minimum atomic E-state index is -4.45. The average molecular weight is 663 g/mol. The van der Waals surface area contributed by atoms with Crippen molar-refractivity contribution in [2.75, 3.05) is 24.3 Å². The standard InChI is InChI=1S/C34H34ClF3N8O/c1-32(2,34(36,37)38)18-42-28-19(15-39)16-41-29-25(28)13-21(14-26(29)35)43-30(23-5-4-6-24-22(23)9-12-40-31(24)47-3)27-17-46(45-44-27)33(10-11-33)20-7-8-20/h4-6,9,12-14,16-17,20,30,43-45H,7-8,10-11,18H2,1-3H3,(H,41,42)/t30-/m0/s1. The molecular formula is C34H34ClF3N8O. The van der Waals surface area contributed by atoms with Gasteiger partial charge in [-0.15, -0.1) is 5.53 Å². The van der Waals surface area contributed by atoms with Gasteiger partial charge in [-0.1, -0.05) is 23.7 Å². The monoisotopic (exact) mass is 662 g/mol. The van der Waals surface area contributed by atoms with Crippen LogP contribution in [-0.2, 0) is 0 Å². The summed E-state index contributed by atoms with van der Waals surface area (Å²) in [5.74, 6) is 1.17. The summed E-state index contributed by atoms with van der Waals surface area (Å²) >= 11 is 6.78. The van der Waals surface area contributed by atoms with Crippen molar-refractivity contribution in [3.63, 3.8) is 0 Å². The Labute approximate surface area is 275 Å². The van der Waals surface area contributed by atoms with Crippen LogP contribution in [0.2, 0.25) is 5.02 Å². The molecule has 3 heterocycles. The van der Waals surface area contributed by atoms with Gasteiger partial charge in [-0.05, 0) is 80.7 Å². The first-order valence-corrected chi connectivity index (χ1v) is 15.9. The Morgan fingerprint density at radius 2 is 1.94 bits per heavy atom. The number of methoxy groups -OCH3 is 1. The maximum absolute atomic E-state index is 13.7. The van der Waals surface area contributed by atoms with Gasteiger partial charge in [0.25, 0.3) is 0 Å². The van der Waals surface area contributed by atoms with Crippen molar-refractivity contribution < 1.29 is 17.9 Å². The number of fused-ring (bicyclic) bond motifs is 2. The van der Waals surface area contributed by atoms with Gasteiger partial charge in [-0.25, -0.2) is 4.98 Å². The third kappa shape index (κ3) is 5.51. The highest BCUT2D eigenvalue weighted by Crippen LogP contribution is 2.57. The van der Waals surface area contributed by atoms with E-state index in [0.717, 1.165) is 48.7 Å².